The van der Waals surface area contributed by atoms with Gasteiger partial charge < -0.3 is 15.4 Å². The second kappa shape index (κ2) is 11.4. The summed E-state index contributed by atoms with van der Waals surface area (Å²) in [5.74, 6) is -1.24. The number of benzene rings is 2. The molecule has 0 spiro atoms. The minimum atomic E-state index is -0.642. The van der Waals surface area contributed by atoms with Crippen molar-refractivity contribution in [2.45, 2.75) is 26.9 Å². The van der Waals surface area contributed by atoms with Crippen molar-refractivity contribution in [1.29, 1.82) is 5.26 Å². The summed E-state index contributed by atoms with van der Waals surface area (Å²) < 4.78 is 28.2. The van der Waals surface area contributed by atoms with E-state index in [1.165, 1.54) is 23.2 Å². The molecule has 0 radical (unpaired) electrons. The number of amides is 1. The molecule has 0 atom stereocenters. The molecule has 2 aromatic carbocycles. The molecule has 0 fully saturated rings. The number of hydroxylamine groups is 2. The van der Waals surface area contributed by atoms with E-state index in [0.29, 0.717) is 36.4 Å². The number of hydrogen-bond acceptors (Lipinski definition) is 7. The zero-order valence-corrected chi connectivity index (χ0v) is 19.7. The van der Waals surface area contributed by atoms with E-state index in [0.717, 1.165) is 17.2 Å². The average molecular weight is 473 g/mol. The monoisotopic (exact) mass is 472 g/mol. The van der Waals surface area contributed by atoms with Crippen LogP contribution in [0.3, 0.4) is 0 Å². The van der Waals surface area contributed by atoms with E-state index in [4.69, 9.17) is 0 Å². The van der Waals surface area contributed by atoms with Crippen LogP contribution in [0.1, 0.15) is 29.2 Å². The molecule has 8 nitrogen and oxygen atoms in total. The van der Waals surface area contributed by atoms with Crippen molar-refractivity contribution < 1.29 is 18.8 Å². The van der Waals surface area contributed by atoms with Crippen molar-refractivity contribution in [2.75, 3.05) is 44.8 Å². The maximum Gasteiger partial charge on any atom is 0.256 e. The van der Waals surface area contributed by atoms with Crippen LogP contribution in [0.5, 0.6) is 0 Å². The highest BCUT2D eigenvalue weighted by Crippen LogP contribution is 2.27. The summed E-state index contributed by atoms with van der Waals surface area (Å²) in [4.78, 5) is 14.8. The normalized spacial score (nSPS) is 13.1. The van der Waals surface area contributed by atoms with Crippen LogP contribution in [-0.4, -0.2) is 66.1 Å². The maximum atomic E-state index is 14.1. The Labute approximate surface area is 198 Å². The number of nitrogens with one attached hydrogen (secondary N) is 1. The van der Waals surface area contributed by atoms with Crippen LogP contribution in [0.4, 0.5) is 14.5 Å². The molecule has 2 aromatic rings. The fraction of sp³-hybridized carbons (Fsp3) is 0.417. The lowest BCUT2D eigenvalue weighted by molar-refractivity contribution is -0.145. The Morgan fingerprint density at radius 3 is 2.71 bits per heavy atom. The molecule has 1 aliphatic rings. The van der Waals surface area contributed by atoms with Gasteiger partial charge in [0, 0.05) is 44.5 Å². The van der Waals surface area contributed by atoms with Gasteiger partial charge in [-0.1, -0.05) is 19.1 Å². The largest absolute Gasteiger partial charge is 0.347 e. The van der Waals surface area contributed by atoms with E-state index in [-0.39, 0.29) is 37.0 Å². The summed E-state index contributed by atoms with van der Waals surface area (Å²) in [6, 6.07) is 9.34. The first kappa shape index (κ1) is 25.5. The van der Waals surface area contributed by atoms with Gasteiger partial charge in [-0.05, 0) is 42.8 Å². The minimum absolute atomic E-state index is 0.0306. The van der Waals surface area contributed by atoms with Crippen LogP contribution in [0.25, 0.3) is 0 Å². The summed E-state index contributed by atoms with van der Waals surface area (Å²) >= 11 is 0. The van der Waals surface area contributed by atoms with Crippen LogP contribution in [-0.2, 0) is 17.9 Å². The number of carbonyl (C=O) groups excluding carboxylic acids is 1. The zero-order valence-electron chi connectivity index (χ0n) is 19.7. The second-order valence-corrected chi connectivity index (χ2v) is 8.27. The average Bonchev–Trinajstić information content (AvgIpc) is 3.24. The molecule has 1 heterocycles. The van der Waals surface area contributed by atoms with Gasteiger partial charge in [0.15, 0.2) is 0 Å². The van der Waals surface area contributed by atoms with Crippen LogP contribution in [0, 0.1) is 29.9 Å². The molecule has 0 saturated carbocycles. The summed E-state index contributed by atoms with van der Waals surface area (Å²) in [7, 11) is 1.62. The van der Waals surface area contributed by atoms with Gasteiger partial charge in [-0.3, -0.25) is 9.80 Å². The summed E-state index contributed by atoms with van der Waals surface area (Å²) in [6.45, 7) is 5.74. The molecule has 1 aliphatic heterocycles. The lowest BCUT2D eigenvalue weighted by Crippen LogP contribution is -2.48. The summed E-state index contributed by atoms with van der Waals surface area (Å²) in [5.41, 5.74) is 2.25. The van der Waals surface area contributed by atoms with Gasteiger partial charge in [0.1, 0.15) is 17.7 Å². The number of carbonyl (C=O) groups is 1. The van der Waals surface area contributed by atoms with Crippen LogP contribution < -0.4 is 10.2 Å². The number of rotatable bonds is 10. The molecule has 3 rings (SSSR count). The molecular formula is C24H30F2N6O2. The highest BCUT2D eigenvalue weighted by molar-refractivity contribution is 5.81. The molecule has 0 unspecified atom stereocenters. The topological polar surface area (TPSA) is 86.1 Å². The van der Waals surface area contributed by atoms with Crippen LogP contribution >= 0.6 is 0 Å². The number of halogens is 2. The molecule has 0 bridgehead atoms. The standard InChI is InChI=1S/C24H30F2N6O2/c1-4-28-8-9-32(34)16-30(23-11-19(12-27)22(26)10-17(23)2)15-24(33)29(3)31-13-18-6-5-7-21(25)20(18)14-31/h5-7,10-11,28,34H,4,8-9,13-16H2,1-3H3. The number of aryl methyl sites for hydroxylation is 1. The van der Waals surface area contributed by atoms with Gasteiger partial charge >= 0.3 is 0 Å². The molecular weight excluding hydrogens is 442 g/mol. The molecule has 1 amide bonds. The van der Waals surface area contributed by atoms with Crippen LogP contribution in [0.15, 0.2) is 30.3 Å². The highest BCUT2D eigenvalue weighted by Gasteiger charge is 2.28. The third kappa shape index (κ3) is 5.87. The lowest BCUT2D eigenvalue weighted by Gasteiger charge is -2.33. The first-order chi connectivity index (χ1) is 16.2. The van der Waals surface area contributed by atoms with E-state index in [9.17, 15) is 24.0 Å². The number of nitriles is 1. The van der Waals surface area contributed by atoms with E-state index in [1.54, 1.807) is 29.9 Å². The summed E-state index contributed by atoms with van der Waals surface area (Å²) in [6.07, 6.45) is 0. The van der Waals surface area contributed by atoms with E-state index in [2.05, 4.69) is 5.32 Å². The number of anilines is 1. The molecule has 34 heavy (non-hydrogen) atoms. The van der Waals surface area contributed by atoms with Gasteiger partial charge in [0.25, 0.3) is 5.91 Å². The predicted octanol–water partition coefficient (Wildman–Crippen LogP) is 2.60. The molecule has 0 aromatic heterocycles. The number of hydrogen-bond donors (Lipinski definition) is 2. The van der Waals surface area contributed by atoms with E-state index >= 15 is 0 Å². The molecule has 0 aliphatic carbocycles. The zero-order chi connectivity index (χ0) is 24.8. The Balaban J connectivity index is 1.79. The number of fused-ring (bicyclic) bond motifs is 1. The van der Waals surface area contributed by atoms with Gasteiger partial charge in [0.05, 0.1) is 18.8 Å². The predicted molar refractivity (Wildman–Crippen MR) is 124 cm³/mol. The maximum absolute atomic E-state index is 14.1. The molecule has 0 saturated heterocycles. The first-order valence-electron chi connectivity index (χ1n) is 11.1. The van der Waals surface area contributed by atoms with E-state index < -0.39 is 5.82 Å². The van der Waals surface area contributed by atoms with Crippen molar-refractivity contribution in [3.8, 4) is 6.07 Å². The molecule has 10 heteroatoms. The van der Waals surface area contributed by atoms with Crippen molar-refractivity contribution in [3.63, 3.8) is 0 Å². The number of hydrazine groups is 1. The quantitative estimate of drug-likeness (QED) is 0.312. The van der Waals surface area contributed by atoms with Gasteiger partial charge in [-0.2, -0.15) is 10.3 Å². The second-order valence-electron chi connectivity index (χ2n) is 8.27. The first-order valence-corrected chi connectivity index (χ1v) is 11.1. The van der Waals surface area contributed by atoms with Gasteiger partial charge in [0.2, 0.25) is 0 Å². The van der Waals surface area contributed by atoms with Crippen molar-refractivity contribution in [2.24, 2.45) is 0 Å². The Morgan fingerprint density at radius 1 is 1.26 bits per heavy atom. The van der Waals surface area contributed by atoms with Gasteiger partial charge in [-0.15, -0.1) is 0 Å². The Kier molecular flexibility index (Phi) is 8.52. The fourth-order valence-electron chi connectivity index (χ4n) is 3.95. The Hall–Kier alpha value is -3.10. The highest BCUT2D eigenvalue weighted by atomic mass is 19.1. The third-order valence-electron chi connectivity index (χ3n) is 5.90. The SMILES string of the molecule is CCNCCN(O)CN(CC(=O)N(C)N1Cc2cccc(F)c2C1)c1cc(C#N)c(F)cc1C. The van der Waals surface area contributed by atoms with Gasteiger partial charge in [-0.25, -0.2) is 13.8 Å². The number of nitrogens with zero attached hydrogens (tertiary/aromatic N) is 5. The number of likely N-dealkylation sites (N-methyl/N-ethyl adjacent to an activating group) is 2. The van der Waals surface area contributed by atoms with Crippen molar-refractivity contribution in [3.05, 3.63) is 64.2 Å². The minimum Gasteiger partial charge on any atom is -0.347 e. The summed E-state index contributed by atoms with van der Waals surface area (Å²) in [5, 5.41) is 27.1. The van der Waals surface area contributed by atoms with Crippen molar-refractivity contribution in [1.82, 2.24) is 20.4 Å². The third-order valence-corrected chi connectivity index (χ3v) is 5.90. The fourth-order valence-corrected chi connectivity index (χ4v) is 3.95. The van der Waals surface area contributed by atoms with Crippen molar-refractivity contribution >= 4 is 11.6 Å². The Morgan fingerprint density at radius 2 is 2.03 bits per heavy atom. The molecule has 182 valence electrons. The smallest absolute Gasteiger partial charge is 0.256 e. The van der Waals surface area contributed by atoms with E-state index in [1.807, 2.05) is 19.1 Å². The molecule has 2 N–H and O–H groups in total. The van der Waals surface area contributed by atoms with Crippen LogP contribution in [0.2, 0.25) is 0 Å². The Bertz CT molecular complexity index is 1070. The lowest BCUT2D eigenvalue weighted by atomic mass is 10.1.